The molecule has 1 aliphatic heterocycles. The van der Waals surface area contributed by atoms with Crippen LogP contribution in [0.5, 0.6) is 5.75 Å². The summed E-state index contributed by atoms with van der Waals surface area (Å²) in [5.41, 5.74) is 0.784. The molecule has 0 bridgehead atoms. The van der Waals surface area contributed by atoms with Crippen LogP contribution in [0.25, 0.3) is 11.4 Å². The van der Waals surface area contributed by atoms with Gasteiger partial charge in [-0.05, 0) is 44.2 Å². The van der Waals surface area contributed by atoms with Crippen molar-refractivity contribution in [2.75, 3.05) is 40.5 Å². The highest BCUT2D eigenvalue weighted by molar-refractivity contribution is 5.86. The maximum Gasteiger partial charge on any atom is 0.249 e. The SMILES string of the molecule is CCCCC(CC)C(=O)N(CCOC)CC(=O)N1CCCCC1c1nc(-c2cccc(OC)c2)no1. The second-order valence-electron chi connectivity index (χ2n) is 9.29. The zero-order valence-corrected chi connectivity index (χ0v) is 22.1. The third-order valence-corrected chi connectivity index (χ3v) is 6.83. The third-order valence-electron chi connectivity index (χ3n) is 6.83. The Kier molecular flexibility index (Phi) is 10.7. The molecule has 3 rings (SSSR count). The molecule has 0 spiro atoms. The minimum atomic E-state index is -0.306. The van der Waals surface area contributed by atoms with Crippen LogP contribution in [-0.4, -0.2) is 72.2 Å². The van der Waals surface area contributed by atoms with E-state index in [0.29, 0.717) is 37.2 Å². The van der Waals surface area contributed by atoms with E-state index in [0.717, 1.165) is 50.5 Å². The van der Waals surface area contributed by atoms with Gasteiger partial charge in [0.25, 0.3) is 0 Å². The number of unbranched alkanes of at least 4 members (excludes halogenated alkanes) is 1. The van der Waals surface area contributed by atoms with E-state index in [2.05, 4.69) is 17.1 Å². The number of methoxy groups -OCH3 is 2. The number of hydrogen-bond donors (Lipinski definition) is 0. The summed E-state index contributed by atoms with van der Waals surface area (Å²) >= 11 is 0. The van der Waals surface area contributed by atoms with Crippen LogP contribution in [0.2, 0.25) is 0 Å². The van der Waals surface area contributed by atoms with Gasteiger partial charge in [0, 0.05) is 31.7 Å². The van der Waals surface area contributed by atoms with Crippen molar-refractivity contribution >= 4 is 11.8 Å². The van der Waals surface area contributed by atoms with Crippen LogP contribution >= 0.6 is 0 Å². The van der Waals surface area contributed by atoms with Crippen LogP contribution in [0.3, 0.4) is 0 Å². The van der Waals surface area contributed by atoms with Gasteiger partial charge < -0.3 is 23.8 Å². The Balaban J connectivity index is 1.76. The van der Waals surface area contributed by atoms with E-state index in [-0.39, 0.29) is 30.3 Å². The van der Waals surface area contributed by atoms with E-state index >= 15 is 0 Å². The molecule has 0 N–H and O–H groups in total. The fraction of sp³-hybridized carbons (Fsp3) is 0.630. The van der Waals surface area contributed by atoms with Gasteiger partial charge in [-0.25, -0.2) is 0 Å². The fourth-order valence-corrected chi connectivity index (χ4v) is 4.67. The van der Waals surface area contributed by atoms with Crippen LogP contribution in [-0.2, 0) is 14.3 Å². The number of rotatable bonds is 13. The molecule has 198 valence electrons. The Hall–Kier alpha value is -2.94. The molecular formula is C27H40N4O5. The maximum absolute atomic E-state index is 13.5. The van der Waals surface area contributed by atoms with Crippen molar-refractivity contribution in [3.8, 4) is 17.1 Å². The van der Waals surface area contributed by atoms with Gasteiger partial charge in [0.2, 0.25) is 23.5 Å². The minimum Gasteiger partial charge on any atom is -0.497 e. The van der Waals surface area contributed by atoms with Crippen molar-refractivity contribution in [1.82, 2.24) is 19.9 Å². The second kappa shape index (κ2) is 14.0. The Morgan fingerprint density at radius 3 is 2.81 bits per heavy atom. The predicted octanol–water partition coefficient (Wildman–Crippen LogP) is 4.49. The highest BCUT2D eigenvalue weighted by Gasteiger charge is 2.34. The Bertz CT molecular complexity index is 979. The molecule has 2 atom stereocenters. The van der Waals surface area contributed by atoms with Gasteiger partial charge in [-0.1, -0.05) is 44.0 Å². The lowest BCUT2D eigenvalue weighted by molar-refractivity contribution is -0.146. The number of carbonyl (C=O) groups excluding carboxylic acids is 2. The normalized spacial score (nSPS) is 16.6. The first-order chi connectivity index (χ1) is 17.5. The molecule has 9 heteroatoms. The lowest BCUT2D eigenvalue weighted by Gasteiger charge is -2.35. The van der Waals surface area contributed by atoms with E-state index in [1.165, 1.54) is 0 Å². The molecule has 36 heavy (non-hydrogen) atoms. The molecule has 2 aromatic rings. The molecule has 1 saturated heterocycles. The molecule has 9 nitrogen and oxygen atoms in total. The minimum absolute atomic E-state index is 0.0260. The third kappa shape index (κ3) is 7.06. The predicted molar refractivity (Wildman–Crippen MR) is 136 cm³/mol. The highest BCUT2D eigenvalue weighted by atomic mass is 16.5. The molecule has 0 radical (unpaired) electrons. The van der Waals surface area contributed by atoms with Crippen LogP contribution in [0.15, 0.2) is 28.8 Å². The van der Waals surface area contributed by atoms with Gasteiger partial charge in [0.15, 0.2) is 0 Å². The van der Waals surface area contributed by atoms with Crippen LogP contribution < -0.4 is 4.74 Å². The lowest BCUT2D eigenvalue weighted by Crippen LogP contribution is -2.48. The molecule has 1 aromatic heterocycles. The van der Waals surface area contributed by atoms with Gasteiger partial charge >= 0.3 is 0 Å². The average molecular weight is 501 g/mol. The number of nitrogens with zero attached hydrogens (tertiary/aromatic N) is 4. The Morgan fingerprint density at radius 2 is 2.08 bits per heavy atom. The van der Waals surface area contributed by atoms with Gasteiger partial charge in [-0.2, -0.15) is 4.98 Å². The number of carbonyl (C=O) groups is 2. The molecule has 0 aliphatic carbocycles. The first kappa shape index (κ1) is 27.6. The van der Waals surface area contributed by atoms with Gasteiger partial charge in [-0.15, -0.1) is 0 Å². The standard InChI is InChI=1S/C27H40N4O5/c1-5-7-11-20(6-2)27(33)30(16-17-34-3)19-24(32)31-15-9-8-14-23(31)26-28-25(29-36-26)21-12-10-13-22(18-21)35-4/h10,12-13,18,20,23H,5-9,11,14-17,19H2,1-4H3. The summed E-state index contributed by atoms with van der Waals surface area (Å²) in [5.74, 6) is 1.44. The molecule has 1 fully saturated rings. The van der Waals surface area contributed by atoms with E-state index in [9.17, 15) is 9.59 Å². The molecule has 2 heterocycles. The van der Waals surface area contributed by atoms with Crippen molar-refractivity contribution in [2.24, 2.45) is 5.92 Å². The summed E-state index contributed by atoms with van der Waals surface area (Å²) in [7, 11) is 3.22. The van der Waals surface area contributed by atoms with E-state index in [1.807, 2.05) is 31.2 Å². The van der Waals surface area contributed by atoms with Crippen LogP contribution in [0.4, 0.5) is 0 Å². The molecule has 1 aliphatic rings. The summed E-state index contributed by atoms with van der Waals surface area (Å²) in [6, 6.07) is 7.16. The molecule has 2 unspecified atom stereocenters. The van der Waals surface area contributed by atoms with Crippen LogP contribution in [0.1, 0.15) is 70.7 Å². The quantitative estimate of drug-likeness (QED) is 0.400. The lowest BCUT2D eigenvalue weighted by atomic mass is 9.97. The number of likely N-dealkylation sites (tertiary alicyclic amines) is 1. The smallest absolute Gasteiger partial charge is 0.249 e. The van der Waals surface area contributed by atoms with E-state index in [1.54, 1.807) is 24.0 Å². The van der Waals surface area contributed by atoms with Gasteiger partial charge in [0.1, 0.15) is 11.8 Å². The van der Waals surface area contributed by atoms with Gasteiger partial charge in [0.05, 0.1) is 20.3 Å². The molecular weight excluding hydrogens is 460 g/mol. The second-order valence-corrected chi connectivity index (χ2v) is 9.29. The highest BCUT2D eigenvalue weighted by Crippen LogP contribution is 2.32. The van der Waals surface area contributed by atoms with Crippen molar-refractivity contribution < 1.29 is 23.6 Å². The number of aromatic nitrogens is 2. The largest absolute Gasteiger partial charge is 0.497 e. The summed E-state index contributed by atoms with van der Waals surface area (Å²) in [6.07, 6.45) is 6.25. The van der Waals surface area contributed by atoms with Crippen molar-refractivity contribution in [3.05, 3.63) is 30.2 Å². The van der Waals surface area contributed by atoms with E-state index in [4.69, 9.17) is 14.0 Å². The number of amides is 2. The fourth-order valence-electron chi connectivity index (χ4n) is 4.67. The number of piperidine rings is 1. The first-order valence-electron chi connectivity index (χ1n) is 13.1. The number of hydrogen-bond acceptors (Lipinski definition) is 7. The average Bonchev–Trinajstić information content (AvgIpc) is 3.41. The van der Waals surface area contributed by atoms with Crippen molar-refractivity contribution in [3.63, 3.8) is 0 Å². The topological polar surface area (TPSA) is 98.0 Å². The summed E-state index contributed by atoms with van der Waals surface area (Å²) < 4.78 is 16.2. The number of ether oxygens (including phenoxy) is 2. The molecule has 2 amide bonds. The summed E-state index contributed by atoms with van der Waals surface area (Å²) in [6.45, 7) is 5.56. The monoisotopic (exact) mass is 500 g/mol. The Morgan fingerprint density at radius 1 is 1.25 bits per heavy atom. The maximum atomic E-state index is 13.5. The summed E-state index contributed by atoms with van der Waals surface area (Å²) in [4.78, 5) is 34.9. The Labute approximate surface area is 214 Å². The van der Waals surface area contributed by atoms with E-state index < -0.39 is 0 Å². The zero-order valence-electron chi connectivity index (χ0n) is 22.1. The first-order valence-corrected chi connectivity index (χ1v) is 13.1. The zero-order chi connectivity index (χ0) is 25.9. The van der Waals surface area contributed by atoms with Crippen molar-refractivity contribution in [2.45, 2.75) is 64.8 Å². The molecule has 0 saturated carbocycles. The van der Waals surface area contributed by atoms with Gasteiger partial charge in [-0.3, -0.25) is 9.59 Å². The number of benzene rings is 1. The summed E-state index contributed by atoms with van der Waals surface area (Å²) in [5, 5.41) is 4.16. The van der Waals surface area contributed by atoms with Crippen molar-refractivity contribution in [1.29, 1.82) is 0 Å². The van der Waals surface area contributed by atoms with Crippen LogP contribution in [0, 0.1) is 5.92 Å². The molecule has 1 aromatic carbocycles.